The molecule has 11 atom stereocenters. The summed E-state index contributed by atoms with van der Waals surface area (Å²) in [7, 11) is 0. The number of aliphatic carboxylic acids is 1. The van der Waals surface area contributed by atoms with E-state index in [4.69, 9.17) is 66.3 Å². The molecule has 0 saturated carbocycles. The van der Waals surface area contributed by atoms with E-state index >= 15 is 0 Å². The third-order valence-electron chi connectivity index (χ3n) is 13.8. The molecule has 5 amide bonds. The van der Waals surface area contributed by atoms with Crippen molar-refractivity contribution in [2.24, 2.45) is 0 Å². The molecule has 1 unspecified atom stereocenters. The number of nitrogens with one attached hydrogen (secondary N) is 6. The summed E-state index contributed by atoms with van der Waals surface area (Å²) in [4.78, 5) is 159. The van der Waals surface area contributed by atoms with Gasteiger partial charge in [0, 0.05) is 91.7 Å². The molecule has 0 aliphatic carbocycles. The molecule has 2 saturated heterocycles. The first-order valence-electron chi connectivity index (χ1n) is 31.6. The van der Waals surface area contributed by atoms with Crippen molar-refractivity contribution in [2.75, 3.05) is 104 Å². The van der Waals surface area contributed by atoms with Gasteiger partial charge in [-0.15, -0.1) is 0 Å². The molecule has 540 valence electrons. The van der Waals surface area contributed by atoms with Gasteiger partial charge >= 0.3 is 41.8 Å². The number of ether oxygens (including phenoxy) is 14. The number of rotatable bonds is 47. The second-order valence-corrected chi connectivity index (χ2v) is 22.0. The lowest BCUT2D eigenvalue weighted by Gasteiger charge is -2.44. The number of unbranched alkanes of at least 4 members (excludes halogenated alkanes) is 7. The summed E-state index contributed by atoms with van der Waals surface area (Å²) >= 11 is 0. The van der Waals surface area contributed by atoms with Crippen LogP contribution in [0.4, 0.5) is 5.69 Å². The Bertz CT molecular complexity index is 2540. The molecule has 1 aromatic carbocycles. The van der Waals surface area contributed by atoms with Gasteiger partial charge in [-0.1, -0.05) is 38.5 Å². The highest BCUT2D eigenvalue weighted by molar-refractivity contribution is 6.03. The van der Waals surface area contributed by atoms with E-state index < -0.39 is 158 Å². The number of esters is 6. The van der Waals surface area contributed by atoms with Crippen molar-refractivity contribution in [3.8, 4) is 0 Å². The van der Waals surface area contributed by atoms with Crippen LogP contribution >= 0.6 is 0 Å². The quantitative estimate of drug-likeness (QED) is 0.0199. The molecule has 0 aromatic heterocycles. The average Bonchev–Trinajstić information content (AvgIpc) is 0.803. The molecule has 34 nitrogen and oxygen atoms in total. The highest BCUT2D eigenvalue weighted by Crippen LogP contribution is 2.30. The first-order valence-corrected chi connectivity index (χ1v) is 31.6. The zero-order valence-corrected chi connectivity index (χ0v) is 55.6. The van der Waals surface area contributed by atoms with E-state index in [0.717, 1.165) is 86.4 Å². The molecule has 2 aliphatic heterocycles. The molecule has 7 N–H and O–H groups in total. The Morgan fingerprint density at radius 1 is 0.490 bits per heavy atom. The first kappa shape index (κ1) is 82.4. The predicted molar refractivity (Wildman–Crippen MR) is 330 cm³/mol. The van der Waals surface area contributed by atoms with E-state index in [-0.39, 0.29) is 102 Å². The molecule has 0 radical (unpaired) electrons. The van der Waals surface area contributed by atoms with E-state index in [2.05, 4.69) is 31.9 Å². The van der Waals surface area contributed by atoms with Crippen LogP contribution in [-0.2, 0) is 119 Å². The topological polar surface area (TPSA) is 444 Å². The maximum absolute atomic E-state index is 13.6. The van der Waals surface area contributed by atoms with Gasteiger partial charge in [0.25, 0.3) is 11.8 Å². The number of aldehydes is 1. The van der Waals surface area contributed by atoms with Crippen molar-refractivity contribution in [1.29, 1.82) is 0 Å². The van der Waals surface area contributed by atoms with Crippen molar-refractivity contribution < 1.29 is 134 Å². The minimum Gasteiger partial charge on any atom is -0.480 e. The van der Waals surface area contributed by atoms with Gasteiger partial charge in [-0.2, -0.15) is 0 Å². The smallest absolute Gasteiger partial charge is 0.320 e. The lowest BCUT2D eigenvalue weighted by molar-refractivity contribution is -0.279. The zero-order chi connectivity index (χ0) is 71.0. The normalized spacial score (nSPS) is 20.8. The van der Waals surface area contributed by atoms with Gasteiger partial charge in [0.05, 0.1) is 72.6 Å². The van der Waals surface area contributed by atoms with Crippen molar-refractivity contribution in [3.63, 3.8) is 0 Å². The van der Waals surface area contributed by atoms with Crippen molar-refractivity contribution >= 4 is 83.3 Å². The van der Waals surface area contributed by atoms with Crippen LogP contribution in [0.15, 0.2) is 18.2 Å². The maximum atomic E-state index is 13.6. The standard InChI is InChI=1S/C62H94N6O28/c1-37(70)66-52-56(93-43(7)76)54(91-41(5)74)49(35-89-39(3)72)95-61(52)87-29-27-85-25-23-83-21-18-63-58(79)45-31-46(33-47(32-45)68-51(78)34-65-48(60(81)82)17-15-13-11-9-10-12-14-16-20-69)59(80)64-19-22-84-24-26-86-28-30-88-62-53(67-38(2)71)57(94-44(8)77)55(92-42(6)75)50(96-62)36-90-40(4)73/h20,31-33,48-50,52-57,61-62,65H,9-19,21-30,34-36H2,1-8H3,(H,63,79)(H,64,80)(H,66,70)(H,67,71)(H,68,78)(H,81,82)/t48?,49-,50+,52-,53+,54+,55-,56-,57+,61-,62+. The maximum Gasteiger partial charge on any atom is 0.320 e. The second kappa shape index (κ2) is 46.4. The summed E-state index contributed by atoms with van der Waals surface area (Å²) in [6.07, 6.45) is -2.46. The Balaban J connectivity index is 1.58. The first-order chi connectivity index (χ1) is 45.8. The molecule has 0 spiro atoms. The van der Waals surface area contributed by atoms with Crippen LogP contribution in [0.25, 0.3) is 0 Å². The fourth-order valence-corrected chi connectivity index (χ4v) is 9.79. The number of hydrogen-bond donors (Lipinski definition) is 7. The van der Waals surface area contributed by atoms with E-state index in [9.17, 15) is 67.4 Å². The molecule has 2 fully saturated rings. The largest absolute Gasteiger partial charge is 0.480 e. The summed E-state index contributed by atoms with van der Waals surface area (Å²) in [5.41, 5.74) is -0.0125. The Morgan fingerprint density at radius 2 is 0.875 bits per heavy atom. The number of benzene rings is 1. The monoisotopic (exact) mass is 1370 g/mol. The van der Waals surface area contributed by atoms with Crippen LogP contribution < -0.4 is 31.9 Å². The Labute approximate surface area is 556 Å². The molecule has 2 heterocycles. The van der Waals surface area contributed by atoms with Gasteiger partial charge in [0.15, 0.2) is 37.0 Å². The Morgan fingerprint density at radius 3 is 1.26 bits per heavy atom. The van der Waals surface area contributed by atoms with Crippen LogP contribution in [-0.4, -0.2) is 249 Å². The van der Waals surface area contributed by atoms with Gasteiger partial charge in [-0.05, 0) is 31.0 Å². The van der Waals surface area contributed by atoms with E-state index in [0.29, 0.717) is 12.8 Å². The van der Waals surface area contributed by atoms with Crippen LogP contribution in [0.1, 0.15) is 134 Å². The molecule has 1 aromatic rings. The van der Waals surface area contributed by atoms with Crippen LogP contribution in [0, 0.1) is 0 Å². The molecule has 96 heavy (non-hydrogen) atoms. The number of carboxylic acids is 1. The van der Waals surface area contributed by atoms with Crippen molar-refractivity contribution in [2.45, 2.75) is 181 Å². The molecule has 3 rings (SSSR count). The molecular weight excluding hydrogens is 1280 g/mol. The number of anilines is 1. The molecule has 34 heteroatoms. The van der Waals surface area contributed by atoms with Crippen LogP contribution in [0.2, 0.25) is 0 Å². The third kappa shape index (κ3) is 33.7. The van der Waals surface area contributed by atoms with Crippen molar-refractivity contribution in [1.82, 2.24) is 26.6 Å². The van der Waals surface area contributed by atoms with E-state index in [1.807, 2.05) is 0 Å². The Hall–Kier alpha value is -7.83. The fraction of sp³-hybridized carbons (Fsp3) is 0.694. The van der Waals surface area contributed by atoms with Gasteiger partial charge < -0.3 is 103 Å². The Kier molecular flexibility index (Phi) is 39.8. The summed E-state index contributed by atoms with van der Waals surface area (Å²) in [6.45, 7) is 7.81. The number of carboxylic acid groups (broad SMARTS) is 1. The fourth-order valence-electron chi connectivity index (χ4n) is 9.79. The number of hydrogen-bond acceptors (Lipinski definition) is 28. The number of amides is 5. The third-order valence-corrected chi connectivity index (χ3v) is 13.8. The summed E-state index contributed by atoms with van der Waals surface area (Å²) < 4.78 is 78.1. The zero-order valence-electron chi connectivity index (χ0n) is 55.6. The van der Waals surface area contributed by atoms with Gasteiger partial charge in [-0.3, -0.25) is 62.9 Å². The highest BCUT2D eigenvalue weighted by Gasteiger charge is 2.53. The van der Waals surface area contributed by atoms with Gasteiger partial charge in [-0.25, -0.2) is 0 Å². The molecular formula is C62H94N6O28. The predicted octanol–water partition coefficient (Wildman–Crippen LogP) is 0.249. The van der Waals surface area contributed by atoms with Crippen LogP contribution in [0.3, 0.4) is 0 Å². The molecule has 0 bridgehead atoms. The summed E-state index contributed by atoms with van der Waals surface area (Å²) in [5.74, 6) is -8.59. The van der Waals surface area contributed by atoms with Crippen LogP contribution in [0.5, 0.6) is 0 Å². The van der Waals surface area contributed by atoms with E-state index in [1.54, 1.807) is 0 Å². The molecule has 2 aliphatic rings. The van der Waals surface area contributed by atoms with Gasteiger partial charge in [0.2, 0.25) is 17.7 Å². The lowest BCUT2D eigenvalue weighted by atomic mass is 9.96. The average molecular weight is 1370 g/mol. The lowest BCUT2D eigenvalue weighted by Crippen LogP contribution is -2.66. The summed E-state index contributed by atoms with van der Waals surface area (Å²) in [6, 6.07) is 0.596. The number of carbonyl (C=O) groups excluding carboxylic acids is 12. The minimum atomic E-state index is -1.31. The second-order valence-electron chi connectivity index (χ2n) is 22.0. The van der Waals surface area contributed by atoms with Gasteiger partial charge in [0.1, 0.15) is 49.8 Å². The summed E-state index contributed by atoms with van der Waals surface area (Å²) in [5, 5.41) is 25.9. The van der Waals surface area contributed by atoms with E-state index in [1.165, 1.54) is 32.0 Å². The number of carbonyl (C=O) groups is 13. The SMILES string of the molecule is CC(=O)N[C@@H]1[C@@H](OCCOCCOCCNC(=O)c2cc(NC(=O)CNC(CCCCCCCCCC=O)C(=O)O)cc(C(=O)NCCOCCOCCO[C@@H]3O[C@H](COC(C)=O)[C@H](OC(C)=O)[C@H](OC(C)=O)[C@H]3NC(C)=O)c2)O[C@@H](COC(C)=O)[C@@H](OC(C)=O)[C@H]1OC(C)=O. The minimum absolute atomic E-state index is 0.00248. The van der Waals surface area contributed by atoms with Crippen molar-refractivity contribution in [3.05, 3.63) is 29.3 Å². The highest BCUT2D eigenvalue weighted by atomic mass is 16.7.